The van der Waals surface area contributed by atoms with Crippen molar-refractivity contribution in [1.82, 2.24) is 4.31 Å². The van der Waals surface area contributed by atoms with Gasteiger partial charge >= 0.3 is 0 Å². The van der Waals surface area contributed by atoms with Crippen LogP contribution < -0.4 is 19.9 Å². The number of nitrogens with two attached hydrogens (primary N) is 1. The second-order valence-corrected chi connectivity index (χ2v) is 12.7. The zero-order valence-corrected chi connectivity index (χ0v) is 22.9. The second kappa shape index (κ2) is 11.7. The van der Waals surface area contributed by atoms with Crippen LogP contribution in [0.5, 0.6) is 17.2 Å². The summed E-state index contributed by atoms with van der Waals surface area (Å²) in [4.78, 5) is 0.0814. The minimum absolute atomic E-state index is 0.0538. The van der Waals surface area contributed by atoms with Gasteiger partial charge in [-0.1, -0.05) is 63.2 Å². The molecule has 3 N–H and O–H groups in total. The van der Waals surface area contributed by atoms with Crippen molar-refractivity contribution in [3.63, 3.8) is 0 Å². The van der Waals surface area contributed by atoms with Gasteiger partial charge in [0.1, 0.15) is 12.4 Å². The van der Waals surface area contributed by atoms with Crippen LogP contribution in [0.15, 0.2) is 77.7 Å². The molecule has 3 aromatic carbocycles. The summed E-state index contributed by atoms with van der Waals surface area (Å²) in [5, 5.41) is 11.0. The van der Waals surface area contributed by atoms with E-state index in [-0.39, 0.29) is 30.2 Å². The van der Waals surface area contributed by atoms with Crippen molar-refractivity contribution < 1.29 is 27.7 Å². The van der Waals surface area contributed by atoms with Crippen molar-refractivity contribution in [3.05, 3.63) is 83.9 Å². The Balaban J connectivity index is 1.41. The van der Waals surface area contributed by atoms with E-state index in [2.05, 4.69) is 0 Å². The first-order chi connectivity index (χ1) is 18.0. The number of hydrogen-bond acceptors (Lipinski definition) is 7. The predicted molar refractivity (Wildman–Crippen MR) is 146 cm³/mol. The lowest BCUT2D eigenvalue weighted by atomic mass is 9.96. The summed E-state index contributed by atoms with van der Waals surface area (Å²) in [6, 6.07) is 21.3. The summed E-state index contributed by atoms with van der Waals surface area (Å²) in [6.45, 7) is 6.45. The molecular formula is C29H36N2O6S. The van der Waals surface area contributed by atoms with Crippen molar-refractivity contribution in [2.24, 2.45) is 11.1 Å². The Morgan fingerprint density at radius 1 is 0.974 bits per heavy atom. The fourth-order valence-corrected chi connectivity index (χ4v) is 5.88. The molecule has 0 saturated heterocycles. The highest BCUT2D eigenvalue weighted by atomic mass is 32.2. The van der Waals surface area contributed by atoms with Gasteiger partial charge in [-0.2, -0.15) is 4.31 Å². The first-order valence-electron chi connectivity index (χ1n) is 12.6. The summed E-state index contributed by atoms with van der Waals surface area (Å²) < 4.78 is 45.0. The van der Waals surface area contributed by atoms with E-state index in [1.54, 1.807) is 6.07 Å². The molecule has 204 valence electrons. The number of nitrogens with zero attached hydrogens (tertiary/aromatic N) is 1. The minimum atomic E-state index is -3.93. The third kappa shape index (κ3) is 7.26. The largest absolute Gasteiger partial charge is 0.489 e. The molecule has 0 radical (unpaired) electrons. The van der Waals surface area contributed by atoms with E-state index < -0.39 is 22.2 Å². The van der Waals surface area contributed by atoms with E-state index in [4.69, 9.17) is 19.9 Å². The first-order valence-corrected chi connectivity index (χ1v) is 14.0. The molecule has 0 fully saturated rings. The Morgan fingerprint density at radius 2 is 1.66 bits per heavy atom. The number of benzene rings is 3. The van der Waals surface area contributed by atoms with E-state index in [0.29, 0.717) is 24.5 Å². The molecule has 0 aromatic heterocycles. The molecule has 38 heavy (non-hydrogen) atoms. The molecule has 8 nitrogen and oxygen atoms in total. The zero-order chi connectivity index (χ0) is 27.3. The van der Waals surface area contributed by atoms with Crippen LogP contribution in [-0.4, -0.2) is 49.9 Å². The summed E-state index contributed by atoms with van der Waals surface area (Å²) in [7, 11) is -3.93. The second-order valence-electron chi connectivity index (χ2n) is 10.7. The molecule has 0 amide bonds. The molecule has 0 aliphatic carbocycles. The highest BCUT2D eigenvalue weighted by molar-refractivity contribution is 7.89. The summed E-state index contributed by atoms with van der Waals surface area (Å²) in [6.07, 6.45) is -0.691. The van der Waals surface area contributed by atoms with Gasteiger partial charge in [0.25, 0.3) is 0 Å². The topological polar surface area (TPSA) is 111 Å². The van der Waals surface area contributed by atoms with Crippen LogP contribution in [0.25, 0.3) is 0 Å². The molecule has 2 atom stereocenters. The van der Waals surface area contributed by atoms with Gasteiger partial charge < -0.3 is 25.1 Å². The maximum absolute atomic E-state index is 13.6. The number of aliphatic hydroxyl groups excluding tert-OH is 1. The third-order valence-electron chi connectivity index (χ3n) is 6.16. The van der Waals surface area contributed by atoms with Gasteiger partial charge in [0.2, 0.25) is 16.8 Å². The van der Waals surface area contributed by atoms with Crippen molar-refractivity contribution >= 4 is 10.0 Å². The maximum atomic E-state index is 13.6. The SMILES string of the molecule is CC(C)(C)CN(C[C@@H](O)[C@@H](N)Cc1ccc(OCc2ccccc2)cc1)S(=O)(=O)c1ccc2c(c1)OCO2. The zero-order valence-electron chi connectivity index (χ0n) is 22.0. The highest BCUT2D eigenvalue weighted by Gasteiger charge is 2.33. The van der Waals surface area contributed by atoms with Crippen LogP contribution in [0.1, 0.15) is 31.9 Å². The number of sulfonamides is 1. The molecule has 0 bridgehead atoms. The van der Waals surface area contributed by atoms with Crippen LogP contribution >= 0.6 is 0 Å². The standard InChI is InChI=1S/C29H36N2O6S/c1-29(2,3)19-31(38(33,34)24-13-14-27-28(16-24)37-20-36-27)17-26(32)25(30)15-21-9-11-23(12-10-21)35-18-22-7-5-4-6-8-22/h4-14,16,25-26,32H,15,17-20,30H2,1-3H3/t25-,26+/m0/s1. The molecular weight excluding hydrogens is 504 g/mol. The quantitative estimate of drug-likeness (QED) is 0.379. The van der Waals surface area contributed by atoms with Gasteiger partial charge in [-0.25, -0.2) is 8.42 Å². The fraction of sp³-hybridized carbons (Fsp3) is 0.379. The third-order valence-corrected chi connectivity index (χ3v) is 7.97. The molecule has 0 unspecified atom stereocenters. The summed E-state index contributed by atoms with van der Waals surface area (Å²) >= 11 is 0. The van der Waals surface area contributed by atoms with Gasteiger partial charge in [0.15, 0.2) is 11.5 Å². The average molecular weight is 541 g/mol. The number of hydrogen-bond donors (Lipinski definition) is 2. The normalized spacial score (nSPS) is 14.9. The molecule has 3 aromatic rings. The lowest BCUT2D eigenvalue weighted by Crippen LogP contribution is -2.48. The van der Waals surface area contributed by atoms with Gasteiger partial charge in [-0.3, -0.25) is 0 Å². The van der Waals surface area contributed by atoms with Crippen LogP contribution in [0.2, 0.25) is 0 Å². The summed E-state index contributed by atoms with van der Waals surface area (Å²) in [5.41, 5.74) is 8.01. The van der Waals surface area contributed by atoms with E-state index in [1.807, 2.05) is 75.4 Å². The van der Waals surface area contributed by atoms with Gasteiger partial charge in [0.05, 0.1) is 11.0 Å². The number of ether oxygens (including phenoxy) is 3. The van der Waals surface area contributed by atoms with Crippen LogP contribution in [0.4, 0.5) is 0 Å². The lowest BCUT2D eigenvalue weighted by Gasteiger charge is -2.32. The van der Waals surface area contributed by atoms with Gasteiger partial charge in [0, 0.05) is 25.2 Å². The molecule has 1 aliphatic heterocycles. The number of aliphatic hydroxyl groups is 1. The van der Waals surface area contributed by atoms with E-state index >= 15 is 0 Å². The Bertz CT molecular complexity index is 1310. The van der Waals surface area contributed by atoms with Gasteiger partial charge in [-0.05, 0) is 47.2 Å². The Morgan fingerprint density at radius 3 is 2.34 bits per heavy atom. The lowest BCUT2D eigenvalue weighted by molar-refractivity contribution is 0.109. The Hall–Kier alpha value is -3.11. The predicted octanol–water partition coefficient (Wildman–Crippen LogP) is 3.96. The minimum Gasteiger partial charge on any atom is -0.489 e. The Kier molecular flexibility index (Phi) is 8.62. The average Bonchev–Trinajstić information content (AvgIpc) is 3.36. The molecule has 4 rings (SSSR count). The highest BCUT2D eigenvalue weighted by Crippen LogP contribution is 2.35. The molecule has 0 spiro atoms. The van der Waals surface area contributed by atoms with E-state index in [9.17, 15) is 13.5 Å². The van der Waals surface area contributed by atoms with E-state index in [0.717, 1.165) is 16.9 Å². The van der Waals surface area contributed by atoms with Crippen LogP contribution in [0.3, 0.4) is 0 Å². The van der Waals surface area contributed by atoms with Crippen molar-refractivity contribution in [2.45, 2.75) is 50.8 Å². The number of rotatable bonds is 11. The monoisotopic (exact) mass is 540 g/mol. The molecule has 1 heterocycles. The van der Waals surface area contributed by atoms with Crippen molar-refractivity contribution in [1.29, 1.82) is 0 Å². The smallest absolute Gasteiger partial charge is 0.243 e. The first kappa shape index (κ1) is 27.9. The molecule has 9 heteroatoms. The van der Waals surface area contributed by atoms with E-state index in [1.165, 1.54) is 16.4 Å². The Labute approximate surface area is 225 Å². The summed E-state index contributed by atoms with van der Waals surface area (Å²) in [5.74, 6) is 1.62. The van der Waals surface area contributed by atoms with Crippen LogP contribution in [0, 0.1) is 5.41 Å². The van der Waals surface area contributed by atoms with Crippen molar-refractivity contribution in [2.75, 3.05) is 19.9 Å². The maximum Gasteiger partial charge on any atom is 0.243 e. The van der Waals surface area contributed by atoms with Crippen molar-refractivity contribution in [3.8, 4) is 17.2 Å². The number of fused-ring (bicyclic) bond motifs is 1. The molecule has 1 aliphatic rings. The van der Waals surface area contributed by atoms with Gasteiger partial charge in [-0.15, -0.1) is 0 Å². The fourth-order valence-electron chi connectivity index (χ4n) is 4.18. The molecule has 0 saturated carbocycles. The van der Waals surface area contributed by atoms with Crippen LogP contribution in [-0.2, 0) is 23.1 Å².